The molecule has 0 spiro atoms. The fraction of sp³-hybridized carbons (Fsp3) is 0.0303. The minimum atomic E-state index is -0.696. The predicted molar refractivity (Wildman–Crippen MR) is 180 cm³/mol. The van der Waals surface area contributed by atoms with E-state index < -0.39 is 17.6 Å². The topological polar surface area (TPSA) is 100 Å². The molecule has 0 bridgehead atoms. The van der Waals surface area contributed by atoms with Crippen LogP contribution >= 0.6 is 46.3 Å². The highest BCUT2D eigenvalue weighted by atomic mass is 35.5. The van der Waals surface area contributed by atoms with Crippen molar-refractivity contribution in [2.24, 2.45) is 0 Å². The summed E-state index contributed by atoms with van der Waals surface area (Å²) in [7, 11) is 0. The molecule has 226 valence electrons. The van der Waals surface area contributed by atoms with Crippen molar-refractivity contribution >= 4 is 80.9 Å². The first-order chi connectivity index (χ1) is 21.7. The Morgan fingerprint density at radius 1 is 0.889 bits per heavy atom. The van der Waals surface area contributed by atoms with Gasteiger partial charge in [-0.1, -0.05) is 65.7 Å². The van der Waals surface area contributed by atoms with Crippen molar-refractivity contribution in [1.29, 1.82) is 0 Å². The van der Waals surface area contributed by atoms with E-state index in [1.54, 1.807) is 66.7 Å². The highest BCUT2D eigenvalue weighted by Crippen LogP contribution is 2.27. The smallest absolute Gasteiger partial charge is 0.272 e. The van der Waals surface area contributed by atoms with Gasteiger partial charge in [0.2, 0.25) is 5.91 Å². The second-order valence-corrected chi connectivity index (χ2v) is 12.1. The molecule has 45 heavy (non-hydrogen) atoms. The molecule has 5 aromatic rings. The fourth-order valence-corrected chi connectivity index (χ4v) is 5.82. The van der Waals surface area contributed by atoms with Gasteiger partial charge in [-0.3, -0.25) is 14.4 Å². The van der Waals surface area contributed by atoms with E-state index in [0.717, 1.165) is 11.3 Å². The number of thioether (sulfide) groups is 1. The lowest BCUT2D eigenvalue weighted by molar-refractivity contribution is -0.114. The van der Waals surface area contributed by atoms with E-state index in [4.69, 9.17) is 23.2 Å². The third-order valence-electron chi connectivity index (χ3n) is 6.17. The SMILES string of the molecule is O=C(CSc1cccc(NC(=O)/C(=C\c2c(F)cccc2Cl)NC(=O)c2ccccc2)c1)Nc1nc(-c2ccc(Cl)cc2)cs1. The number of nitrogens with zero attached hydrogens (tertiary/aromatic N) is 1. The summed E-state index contributed by atoms with van der Waals surface area (Å²) in [4.78, 5) is 44.1. The van der Waals surface area contributed by atoms with Gasteiger partial charge in [-0.05, 0) is 60.7 Å². The number of rotatable bonds is 10. The molecule has 0 unspecified atom stereocenters. The Morgan fingerprint density at radius 2 is 1.64 bits per heavy atom. The first-order valence-electron chi connectivity index (χ1n) is 13.3. The van der Waals surface area contributed by atoms with E-state index in [0.29, 0.717) is 26.3 Å². The number of thiazole rings is 1. The predicted octanol–water partition coefficient (Wildman–Crippen LogP) is 8.40. The summed E-state index contributed by atoms with van der Waals surface area (Å²) in [5.41, 5.74) is 2.07. The van der Waals surface area contributed by atoms with Crippen molar-refractivity contribution in [2.75, 3.05) is 16.4 Å². The van der Waals surface area contributed by atoms with E-state index >= 15 is 0 Å². The van der Waals surface area contributed by atoms with Gasteiger partial charge < -0.3 is 16.0 Å². The molecule has 0 fully saturated rings. The lowest BCUT2D eigenvalue weighted by Crippen LogP contribution is -2.30. The maximum Gasteiger partial charge on any atom is 0.272 e. The molecule has 0 radical (unpaired) electrons. The normalized spacial score (nSPS) is 11.1. The standard InChI is InChI=1S/C33H23Cl2FN4O3S2/c34-22-14-12-20(13-15-22)29-18-45-33(39-29)40-30(41)19-44-24-9-4-8-23(16-24)37-32(43)28(17-25-26(35)10-5-11-27(25)36)38-31(42)21-6-2-1-3-7-21/h1-18H,19H2,(H,37,43)(H,38,42)(H,39,40,41)/b28-17+. The van der Waals surface area contributed by atoms with Crippen molar-refractivity contribution in [1.82, 2.24) is 10.3 Å². The van der Waals surface area contributed by atoms with Gasteiger partial charge in [-0.2, -0.15) is 0 Å². The molecule has 5 rings (SSSR count). The number of amides is 3. The number of aromatic nitrogens is 1. The summed E-state index contributed by atoms with van der Waals surface area (Å²) in [5, 5.41) is 11.1. The van der Waals surface area contributed by atoms with E-state index in [1.165, 1.54) is 47.4 Å². The van der Waals surface area contributed by atoms with Crippen molar-refractivity contribution in [3.05, 3.63) is 135 Å². The molecule has 3 amide bonds. The zero-order valence-electron chi connectivity index (χ0n) is 23.2. The number of benzene rings is 4. The maximum atomic E-state index is 14.6. The van der Waals surface area contributed by atoms with Gasteiger partial charge in [0.25, 0.3) is 11.8 Å². The Kier molecular flexibility index (Phi) is 10.6. The first kappa shape index (κ1) is 31.9. The summed E-state index contributed by atoms with van der Waals surface area (Å²) in [5.74, 6) is -2.06. The Morgan fingerprint density at radius 3 is 2.40 bits per heavy atom. The number of carbonyl (C=O) groups is 3. The number of hydrogen-bond donors (Lipinski definition) is 3. The molecule has 7 nitrogen and oxygen atoms in total. The zero-order valence-corrected chi connectivity index (χ0v) is 26.4. The molecule has 0 saturated heterocycles. The van der Waals surface area contributed by atoms with Gasteiger partial charge in [0.05, 0.1) is 16.5 Å². The summed E-state index contributed by atoms with van der Waals surface area (Å²) < 4.78 is 14.6. The first-order valence-corrected chi connectivity index (χ1v) is 15.9. The second-order valence-electron chi connectivity index (χ2n) is 9.38. The molecular weight excluding hydrogens is 654 g/mol. The number of hydrogen-bond acceptors (Lipinski definition) is 6. The highest BCUT2D eigenvalue weighted by Gasteiger charge is 2.17. The number of carbonyl (C=O) groups excluding carboxylic acids is 3. The third kappa shape index (κ3) is 8.80. The summed E-state index contributed by atoms with van der Waals surface area (Å²) >= 11 is 14.7. The molecule has 1 aromatic heterocycles. The minimum Gasteiger partial charge on any atom is -0.321 e. The summed E-state index contributed by atoms with van der Waals surface area (Å²) in [6.45, 7) is 0. The highest BCUT2D eigenvalue weighted by molar-refractivity contribution is 8.00. The van der Waals surface area contributed by atoms with Crippen molar-refractivity contribution in [3.63, 3.8) is 0 Å². The van der Waals surface area contributed by atoms with Crippen LogP contribution in [0.15, 0.2) is 113 Å². The van der Waals surface area contributed by atoms with Crippen molar-refractivity contribution in [2.45, 2.75) is 4.90 Å². The average Bonchev–Trinajstić information content (AvgIpc) is 3.50. The molecule has 1 heterocycles. The zero-order chi connectivity index (χ0) is 31.8. The van der Waals surface area contributed by atoms with E-state index in [1.807, 2.05) is 17.5 Å². The van der Waals surface area contributed by atoms with Crippen LogP contribution in [0.25, 0.3) is 17.3 Å². The fourth-order valence-electron chi connectivity index (χ4n) is 3.99. The van der Waals surface area contributed by atoms with Crippen LogP contribution in [0.2, 0.25) is 10.0 Å². The quantitative estimate of drug-likeness (QED) is 0.102. The van der Waals surface area contributed by atoms with Gasteiger partial charge in [0.15, 0.2) is 5.13 Å². The average molecular weight is 678 g/mol. The number of nitrogens with one attached hydrogen (secondary N) is 3. The van der Waals surface area contributed by atoms with Crippen LogP contribution in [-0.2, 0) is 9.59 Å². The van der Waals surface area contributed by atoms with Crippen LogP contribution < -0.4 is 16.0 Å². The van der Waals surface area contributed by atoms with Crippen LogP contribution in [-0.4, -0.2) is 28.5 Å². The van der Waals surface area contributed by atoms with E-state index in [-0.39, 0.29) is 27.9 Å². The van der Waals surface area contributed by atoms with Crippen LogP contribution in [0, 0.1) is 5.82 Å². The van der Waals surface area contributed by atoms with E-state index in [2.05, 4.69) is 20.9 Å². The van der Waals surface area contributed by atoms with Gasteiger partial charge in [-0.15, -0.1) is 23.1 Å². The minimum absolute atomic E-state index is 0.0477. The lowest BCUT2D eigenvalue weighted by Gasteiger charge is -2.13. The molecule has 3 N–H and O–H groups in total. The number of halogens is 3. The van der Waals surface area contributed by atoms with Crippen LogP contribution in [0.3, 0.4) is 0 Å². The molecule has 0 aliphatic rings. The summed E-state index contributed by atoms with van der Waals surface area (Å²) in [6, 6.07) is 26.5. The monoisotopic (exact) mass is 676 g/mol. The Balaban J connectivity index is 1.24. The Hall–Kier alpha value is -4.48. The molecule has 0 atom stereocenters. The molecule has 0 aliphatic heterocycles. The van der Waals surface area contributed by atoms with Gasteiger partial charge in [0, 0.05) is 37.7 Å². The van der Waals surface area contributed by atoms with Crippen molar-refractivity contribution < 1.29 is 18.8 Å². The lowest BCUT2D eigenvalue weighted by atomic mass is 10.1. The molecule has 0 aliphatic carbocycles. The van der Waals surface area contributed by atoms with Crippen LogP contribution in [0.1, 0.15) is 15.9 Å². The van der Waals surface area contributed by atoms with Crippen LogP contribution in [0.4, 0.5) is 15.2 Å². The maximum absolute atomic E-state index is 14.6. The second kappa shape index (κ2) is 15.0. The van der Waals surface area contributed by atoms with Crippen molar-refractivity contribution in [3.8, 4) is 11.3 Å². The number of anilines is 2. The summed E-state index contributed by atoms with van der Waals surface area (Å²) in [6.07, 6.45) is 1.19. The molecule has 12 heteroatoms. The largest absolute Gasteiger partial charge is 0.321 e. The van der Waals surface area contributed by atoms with Gasteiger partial charge in [0.1, 0.15) is 11.5 Å². The van der Waals surface area contributed by atoms with Gasteiger partial charge in [-0.25, -0.2) is 9.37 Å². The molecule has 0 saturated carbocycles. The van der Waals surface area contributed by atoms with Gasteiger partial charge >= 0.3 is 0 Å². The molecule has 4 aromatic carbocycles. The van der Waals surface area contributed by atoms with Crippen LogP contribution in [0.5, 0.6) is 0 Å². The third-order valence-corrected chi connectivity index (χ3v) is 8.50. The van der Waals surface area contributed by atoms with E-state index in [9.17, 15) is 18.8 Å². The Bertz CT molecular complexity index is 1860. The molecular formula is C33H23Cl2FN4O3S2. The Labute approximate surface area is 276 Å².